The van der Waals surface area contributed by atoms with E-state index in [0.717, 1.165) is 18.5 Å². The summed E-state index contributed by atoms with van der Waals surface area (Å²) in [4.78, 5) is 1.38. The van der Waals surface area contributed by atoms with Crippen molar-refractivity contribution in [1.29, 1.82) is 0 Å². The maximum absolute atomic E-state index is 3.74. The lowest BCUT2D eigenvalue weighted by molar-refractivity contribution is 0.161. The van der Waals surface area contributed by atoms with E-state index in [-0.39, 0.29) is 0 Å². The molecule has 0 amide bonds. The zero-order chi connectivity index (χ0) is 14.4. The maximum Gasteiger partial charge on any atom is 0.0106 e. The molecule has 20 heavy (non-hydrogen) atoms. The van der Waals surface area contributed by atoms with Gasteiger partial charge in [-0.05, 0) is 49.1 Å². The van der Waals surface area contributed by atoms with Gasteiger partial charge >= 0.3 is 0 Å². The van der Waals surface area contributed by atoms with E-state index in [1.165, 1.54) is 36.3 Å². The first-order valence-corrected chi connectivity index (χ1v) is 8.95. The third-order valence-corrected chi connectivity index (χ3v) is 5.51. The molecule has 2 rings (SSSR count). The molecule has 0 atom stereocenters. The zero-order valence-electron chi connectivity index (χ0n) is 13.2. The second-order valence-electron chi connectivity index (χ2n) is 7.03. The van der Waals surface area contributed by atoms with E-state index < -0.39 is 0 Å². The van der Waals surface area contributed by atoms with Crippen LogP contribution in [0.15, 0.2) is 35.2 Å². The van der Waals surface area contributed by atoms with E-state index >= 15 is 0 Å². The van der Waals surface area contributed by atoms with E-state index in [1.54, 1.807) is 0 Å². The lowest BCUT2D eigenvalue weighted by atomic mass is 9.71. The summed E-state index contributed by atoms with van der Waals surface area (Å²) in [5, 5.41) is 3.74. The van der Waals surface area contributed by atoms with Gasteiger partial charge < -0.3 is 5.32 Å². The molecule has 112 valence electrons. The Morgan fingerprint density at radius 2 is 1.70 bits per heavy atom. The third-order valence-electron chi connectivity index (χ3n) is 4.50. The van der Waals surface area contributed by atoms with Crippen molar-refractivity contribution in [2.45, 2.75) is 57.4 Å². The molecule has 1 nitrogen and oxygen atoms in total. The van der Waals surface area contributed by atoms with Crippen molar-refractivity contribution in [2.24, 2.45) is 11.3 Å². The van der Waals surface area contributed by atoms with Gasteiger partial charge in [-0.15, -0.1) is 11.8 Å². The standard InChI is InChI=1S/C18H29NS/c1-18(2,3)15-9-11-16(12-10-15)19-13-14-20-17-7-5-4-6-8-17/h4-8,15-16,19H,9-14H2,1-3H3. The summed E-state index contributed by atoms with van der Waals surface area (Å²) in [5.74, 6) is 2.09. The average Bonchev–Trinajstić information content (AvgIpc) is 2.44. The van der Waals surface area contributed by atoms with Crippen molar-refractivity contribution in [1.82, 2.24) is 5.32 Å². The lowest BCUT2D eigenvalue weighted by Gasteiger charge is -2.37. The first-order chi connectivity index (χ1) is 9.55. The molecule has 1 aliphatic carbocycles. The van der Waals surface area contributed by atoms with Crippen molar-refractivity contribution >= 4 is 11.8 Å². The van der Waals surface area contributed by atoms with E-state index in [0.29, 0.717) is 5.41 Å². The first-order valence-electron chi connectivity index (χ1n) is 7.97. The van der Waals surface area contributed by atoms with Gasteiger partial charge in [-0.3, -0.25) is 0 Å². The Morgan fingerprint density at radius 1 is 1.05 bits per heavy atom. The van der Waals surface area contributed by atoms with Crippen LogP contribution in [0.4, 0.5) is 0 Å². The van der Waals surface area contributed by atoms with Crippen LogP contribution in [0, 0.1) is 11.3 Å². The number of rotatable bonds is 5. The van der Waals surface area contributed by atoms with Crippen LogP contribution < -0.4 is 5.32 Å². The minimum atomic E-state index is 0.494. The number of hydrogen-bond acceptors (Lipinski definition) is 2. The molecule has 0 bridgehead atoms. The summed E-state index contributed by atoms with van der Waals surface area (Å²) in [6.07, 6.45) is 5.51. The fourth-order valence-electron chi connectivity index (χ4n) is 3.11. The van der Waals surface area contributed by atoms with Crippen molar-refractivity contribution in [2.75, 3.05) is 12.3 Å². The fraction of sp³-hybridized carbons (Fsp3) is 0.667. The molecule has 1 aromatic carbocycles. The normalized spacial score (nSPS) is 23.8. The molecule has 1 N–H and O–H groups in total. The molecule has 0 unspecified atom stereocenters. The second-order valence-corrected chi connectivity index (χ2v) is 8.20. The molecule has 0 heterocycles. The molecule has 0 aromatic heterocycles. The maximum atomic E-state index is 3.74. The molecule has 1 fully saturated rings. The zero-order valence-corrected chi connectivity index (χ0v) is 14.0. The van der Waals surface area contributed by atoms with Crippen LogP contribution in [0.25, 0.3) is 0 Å². The molecular weight excluding hydrogens is 262 g/mol. The smallest absolute Gasteiger partial charge is 0.0106 e. The van der Waals surface area contributed by atoms with Crippen molar-refractivity contribution in [3.63, 3.8) is 0 Å². The summed E-state index contributed by atoms with van der Waals surface area (Å²) in [6, 6.07) is 11.5. The highest BCUT2D eigenvalue weighted by molar-refractivity contribution is 7.99. The Labute approximate surface area is 128 Å². The van der Waals surface area contributed by atoms with Gasteiger partial charge in [-0.1, -0.05) is 39.0 Å². The van der Waals surface area contributed by atoms with Crippen LogP contribution >= 0.6 is 11.8 Å². The summed E-state index contributed by atoms with van der Waals surface area (Å²) >= 11 is 1.95. The topological polar surface area (TPSA) is 12.0 Å². The van der Waals surface area contributed by atoms with Gasteiger partial charge in [0.25, 0.3) is 0 Å². The molecule has 0 saturated heterocycles. The number of nitrogens with one attached hydrogen (secondary N) is 1. The largest absolute Gasteiger partial charge is 0.313 e. The Bertz CT molecular complexity index is 374. The fourth-order valence-corrected chi connectivity index (χ4v) is 3.92. The van der Waals surface area contributed by atoms with Crippen LogP contribution in [0.5, 0.6) is 0 Å². The molecule has 0 aliphatic heterocycles. The van der Waals surface area contributed by atoms with Crippen molar-refractivity contribution in [3.8, 4) is 0 Å². The monoisotopic (exact) mass is 291 g/mol. The first kappa shape index (κ1) is 15.9. The summed E-state index contributed by atoms with van der Waals surface area (Å²) < 4.78 is 0. The Morgan fingerprint density at radius 3 is 2.30 bits per heavy atom. The van der Waals surface area contributed by atoms with Crippen molar-refractivity contribution < 1.29 is 0 Å². The van der Waals surface area contributed by atoms with Gasteiger partial charge in [-0.2, -0.15) is 0 Å². The second kappa shape index (κ2) is 7.51. The minimum Gasteiger partial charge on any atom is -0.313 e. The van der Waals surface area contributed by atoms with Crippen LogP contribution in [0.2, 0.25) is 0 Å². The average molecular weight is 292 g/mol. The Balaban J connectivity index is 1.60. The summed E-state index contributed by atoms with van der Waals surface area (Å²) in [7, 11) is 0. The molecule has 0 spiro atoms. The van der Waals surface area contributed by atoms with Gasteiger partial charge in [0.1, 0.15) is 0 Å². The molecule has 1 aliphatic rings. The lowest BCUT2D eigenvalue weighted by Crippen LogP contribution is -2.37. The predicted molar refractivity (Wildman–Crippen MR) is 90.4 cm³/mol. The highest BCUT2D eigenvalue weighted by Gasteiger charge is 2.29. The third kappa shape index (κ3) is 5.14. The van der Waals surface area contributed by atoms with Gasteiger partial charge in [0.15, 0.2) is 0 Å². The highest BCUT2D eigenvalue weighted by Crippen LogP contribution is 2.37. The van der Waals surface area contributed by atoms with Crippen LogP contribution in [0.3, 0.4) is 0 Å². The molecule has 2 heteroatoms. The number of benzene rings is 1. The summed E-state index contributed by atoms with van der Waals surface area (Å²) in [5.41, 5.74) is 0.494. The molecule has 0 radical (unpaired) electrons. The van der Waals surface area contributed by atoms with Crippen molar-refractivity contribution in [3.05, 3.63) is 30.3 Å². The molecule has 1 aromatic rings. The SMILES string of the molecule is CC(C)(C)C1CCC(NCCSc2ccccc2)CC1. The number of hydrogen-bond donors (Lipinski definition) is 1. The highest BCUT2D eigenvalue weighted by atomic mass is 32.2. The van der Waals surface area contributed by atoms with Crippen LogP contribution in [-0.2, 0) is 0 Å². The van der Waals surface area contributed by atoms with Gasteiger partial charge in [0, 0.05) is 23.2 Å². The van der Waals surface area contributed by atoms with Gasteiger partial charge in [0.2, 0.25) is 0 Å². The Kier molecular flexibility index (Phi) is 5.98. The summed E-state index contributed by atoms with van der Waals surface area (Å²) in [6.45, 7) is 8.30. The number of thioether (sulfide) groups is 1. The molecular formula is C18H29NS. The minimum absolute atomic E-state index is 0.494. The van der Waals surface area contributed by atoms with Crippen LogP contribution in [0.1, 0.15) is 46.5 Å². The quantitative estimate of drug-likeness (QED) is 0.607. The Hall–Kier alpha value is -0.470. The van der Waals surface area contributed by atoms with E-state index in [1.807, 2.05) is 11.8 Å². The van der Waals surface area contributed by atoms with Crippen LogP contribution in [-0.4, -0.2) is 18.3 Å². The van der Waals surface area contributed by atoms with E-state index in [9.17, 15) is 0 Å². The van der Waals surface area contributed by atoms with E-state index in [2.05, 4.69) is 56.4 Å². The van der Waals surface area contributed by atoms with E-state index in [4.69, 9.17) is 0 Å². The van der Waals surface area contributed by atoms with Gasteiger partial charge in [-0.25, -0.2) is 0 Å². The predicted octanol–water partition coefficient (Wildman–Crippen LogP) is 4.97. The molecule has 1 saturated carbocycles. The van der Waals surface area contributed by atoms with Gasteiger partial charge in [0.05, 0.1) is 0 Å².